The van der Waals surface area contributed by atoms with E-state index in [1.54, 1.807) is 12.1 Å². The van der Waals surface area contributed by atoms with Crippen molar-refractivity contribution in [3.63, 3.8) is 0 Å². The first-order valence-electron chi connectivity index (χ1n) is 10.5. The van der Waals surface area contributed by atoms with E-state index in [0.717, 1.165) is 11.4 Å². The number of carbonyl (C=O) groups is 2. The first-order valence-corrected chi connectivity index (χ1v) is 10.8. The van der Waals surface area contributed by atoms with Gasteiger partial charge in [-0.3, -0.25) is 9.59 Å². The van der Waals surface area contributed by atoms with Crippen LogP contribution in [0, 0.1) is 52.3 Å². The van der Waals surface area contributed by atoms with Crippen molar-refractivity contribution in [3.05, 3.63) is 59.6 Å². The predicted molar refractivity (Wildman–Crippen MR) is 110 cm³/mol. The lowest BCUT2D eigenvalue weighted by Crippen LogP contribution is -3.12. The Morgan fingerprint density at radius 2 is 1.38 bits per heavy atom. The minimum absolute atomic E-state index is 0.00240. The summed E-state index contributed by atoms with van der Waals surface area (Å²) in [5, 5.41) is 6.88. The molecule has 1 atom stereocenters. The maximum atomic E-state index is 13.1. The molecule has 6 aliphatic rings. The lowest BCUT2D eigenvalue weighted by Gasteiger charge is -3.11. The second-order valence-corrected chi connectivity index (χ2v) is 10.1. The number of carbonyl (C=O) groups excluding carboxylic acids is 2. The molecule has 6 fully saturated rings. The summed E-state index contributed by atoms with van der Waals surface area (Å²) in [6, 6.07) is 17.0. The van der Waals surface area contributed by atoms with Crippen LogP contribution in [0.15, 0.2) is 54.6 Å². The molecule has 29 heavy (non-hydrogen) atoms. The van der Waals surface area contributed by atoms with Gasteiger partial charge in [0.05, 0.1) is 5.41 Å². The van der Waals surface area contributed by atoms with Crippen LogP contribution in [-0.2, 0) is 9.59 Å². The number of para-hydroxylation sites is 1. The average molecular weight is 405 g/mol. The number of rotatable bonds is 5. The number of amides is 2. The molecule has 2 amide bonds. The molecule has 6 aliphatic carbocycles. The molecule has 2 aromatic rings. The van der Waals surface area contributed by atoms with Gasteiger partial charge in [-0.05, 0) is 77.3 Å². The van der Waals surface area contributed by atoms with Gasteiger partial charge < -0.3 is 10.6 Å². The van der Waals surface area contributed by atoms with E-state index in [4.69, 9.17) is 11.6 Å². The molecule has 0 aliphatic heterocycles. The van der Waals surface area contributed by atoms with Gasteiger partial charge in [-0.15, -0.1) is 0 Å². The molecule has 1 unspecified atom stereocenters. The van der Waals surface area contributed by atoms with Crippen LogP contribution in [0.5, 0.6) is 0 Å². The van der Waals surface area contributed by atoms with Crippen LogP contribution in [0.1, 0.15) is 6.92 Å². The second-order valence-electron chi connectivity index (χ2n) is 9.63. The summed E-state index contributed by atoms with van der Waals surface area (Å²) >= 11 is 5.94. The van der Waals surface area contributed by atoms with Gasteiger partial charge in [0.15, 0.2) is 0 Å². The van der Waals surface area contributed by atoms with Crippen molar-refractivity contribution < 1.29 is 9.59 Å². The molecular weight excluding hydrogens is 384 g/mol. The minimum Gasteiger partial charge on any atom is -0.326 e. The van der Waals surface area contributed by atoms with E-state index in [0.29, 0.717) is 40.5 Å². The summed E-state index contributed by atoms with van der Waals surface area (Å²) in [5.41, 5.74) is 1.74. The highest BCUT2D eigenvalue weighted by Gasteiger charge is 3.11. The van der Waals surface area contributed by atoms with Crippen molar-refractivity contribution in [1.82, 2.24) is 0 Å². The molecule has 6 saturated carbocycles. The highest BCUT2D eigenvalue weighted by atomic mass is 35.5. The van der Waals surface area contributed by atoms with Crippen molar-refractivity contribution in [2.24, 2.45) is 52.3 Å². The zero-order valence-corrected chi connectivity index (χ0v) is 16.7. The topological polar surface area (TPSA) is 58.2 Å². The Kier molecular flexibility index (Phi) is 2.76. The third kappa shape index (κ3) is 1.45. The van der Waals surface area contributed by atoms with Crippen LogP contribution in [0.2, 0.25) is 5.02 Å². The first-order chi connectivity index (χ1) is 14.0. The maximum Gasteiger partial charge on any atom is 0.231 e. The second kappa shape index (κ2) is 4.86. The van der Waals surface area contributed by atoms with Crippen LogP contribution >= 0.6 is 11.6 Å². The Morgan fingerprint density at radius 1 is 0.828 bits per heavy atom. The number of hydrogen-bond donors (Lipinski definition) is 2. The van der Waals surface area contributed by atoms with Gasteiger partial charge in [0, 0.05) is 22.3 Å². The highest BCUT2D eigenvalue weighted by Crippen LogP contribution is 3.11. The lowest BCUT2D eigenvalue weighted by atomic mass is 8.91. The van der Waals surface area contributed by atoms with Gasteiger partial charge in [0.25, 0.3) is 0 Å². The summed E-state index contributed by atoms with van der Waals surface area (Å²) in [7, 11) is 0. The van der Waals surface area contributed by atoms with Gasteiger partial charge >= 0.3 is 0 Å². The quantitative estimate of drug-likeness (QED) is 0.780. The molecule has 8 rings (SSSR count). The van der Waals surface area contributed by atoms with Gasteiger partial charge in [-0.1, -0.05) is 36.7 Å². The summed E-state index contributed by atoms with van der Waals surface area (Å²) in [4.78, 5) is 26.0. The van der Waals surface area contributed by atoms with E-state index in [1.165, 1.54) is 0 Å². The smallest absolute Gasteiger partial charge is 0.231 e. The van der Waals surface area contributed by atoms with E-state index in [-0.39, 0.29) is 28.6 Å². The molecule has 0 heterocycles. The summed E-state index contributed by atoms with van der Waals surface area (Å²) in [5.74, 6) is 3.59. The Balaban J connectivity index is 1.07. The van der Waals surface area contributed by atoms with Crippen molar-refractivity contribution in [3.8, 4) is 0 Å². The molecule has 0 aromatic heterocycles. The van der Waals surface area contributed by atoms with Crippen molar-refractivity contribution in [2.45, 2.75) is 6.92 Å². The monoisotopic (exact) mass is 404 g/mol. The molecular formula is C24H21ClN2O2. The van der Waals surface area contributed by atoms with E-state index in [2.05, 4.69) is 17.6 Å². The van der Waals surface area contributed by atoms with Gasteiger partial charge in [0.1, 0.15) is 0 Å². The van der Waals surface area contributed by atoms with E-state index < -0.39 is 0 Å². The third-order valence-electron chi connectivity index (χ3n) is 9.39. The lowest BCUT2D eigenvalue weighted by molar-refractivity contribution is -0.647. The molecule has 2 aromatic carbocycles. The van der Waals surface area contributed by atoms with Crippen LogP contribution in [-0.4, -0.2) is 11.8 Å². The van der Waals surface area contributed by atoms with Crippen LogP contribution in [0.25, 0.3) is 0 Å². The molecule has 5 heteroatoms. The summed E-state index contributed by atoms with van der Waals surface area (Å²) in [6.45, 7) is 2.09. The molecule has 0 bridgehead atoms. The average Bonchev–Trinajstić information content (AvgIpc) is 2.75. The standard InChI is InChI=1S/C24H21ClN2O2/c1-11(21(28)26-14-9-7-12(25)8-10-14)23-15-18-16(23)20-17(23)19(15)24(18,20)22(29)27-13-5-3-2-4-6-13/h2-11,15-20H,1H3,(H,26,28)(H,27,29). The van der Waals surface area contributed by atoms with Gasteiger partial charge in [0.2, 0.25) is 11.8 Å². The predicted octanol–water partition coefficient (Wildman–Crippen LogP) is 4.29. The molecule has 146 valence electrons. The fourth-order valence-corrected chi connectivity index (χ4v) is 8.83. The number of benzene rings is 2. The Bertz CT molecular complexity index is 1030. The zero-order valence-electron chi connectivity index (χ0n) is 15.9. The normalized spacial score (nSPS) is 43.9. The zero-order chi connectivity index (χ0) is 19.7. The molecule has 0 saturated heterocycles. The van der Waals surface area contributed by atoms with Crippen LogP contribution in [0.4, 0.5) is 11.4 Å². The van der Waals surface area contributed by atoms with Gasteiger partial charge in [-0.2, -0.15) is 0 Å². The number of nitrogens with one attached hydrogen (secondary N) is 2. The Hall–Kier alpha value is -2.33. The molecule has 2 N–H and O–H groups in total. The number of anilines is 2. The van der Waals surface area contributed by atoms with E-state index in [9.17, 15) is 9.59 Å². The fourth-order valence-electron chi connectivity index (χ4n) is 8.70. The SMILES string of the molecule is CC(C(=O)Nc1ccc(Cl)cc1)C12C3C4C1C1C2C3C41C(=O)Nc1ccccc1. The number of hydrogen-bond acceptors (Lipinski definition) is 2. The van der Waals surface area contributed by atoms with E-state index in [1.807, 2.05) is 42.5 Å². The number of halogens is 1. The first kappa shape index (κ1) is 16.5. The van der Waals surface area contributed by atoms with E-state index >= 15 is 0 Å². The maximum absolute atomic E-state index is 13.1. The Morgan fingerprint density at radius 3 is 1.97 bits per heavy atom. The van der Waals surface area contributed by atoms with Crippen LogP contribution < -0.4 is 10.6 Å². The van der Waals surface area contributed by atoms with Crippen molar-refractivity contribution >= 4 is 34.8 Å². The highest BCUT2D eigenvalue weighted by molar-refractivity contribution is 6.30. The third-order valence-corrected chi connectivity index (χ3v) is 9.64. The fraction of sp³-hybridized carbons (Fsp3) is 0.417. The summed E-state index contributed by atoms with van der Waals surface area (Å²) in [6.07, 6.45) is 0. The van der Waals surface area contributed by atoms with Crippen molar-refractivity contribution in [1.29, 1.82) is 0 Å². The minimum atomic E-state index is -0.107. The summed E-state index contributed by atoms with van der Waals surface area (Å²) < 4.78 is 0. The van der Waals surface area contributed by atoms with Crippen LogP contribution in [0.3, 0.4) is 0 Å². The Labute approximate surface area is 174 Å². The molecule has 0 radical (unpaired) electrons. The molecule has 0 spiro atoms. The largest absolute Gasteiger partial charge is 0.326 e. The van der Waals surface area contributed by atoms with Crippen molar-refractivity contribution in [2.75, 3.05) is 10.6 Å². The molecule has 4 nitrogen and oxygen atoms in total. The van der Waals surface area contributed by atoms with Gasteiger partial charge in [-0.25, -0.2) is 0 Å².